The molecule has 0 amide bonds. The summed E-state index contributed by atoms with van der Waals surface area (Å²) in [4.78, 5) is 12.8. The number of nitrogens with zero attached hydrogens (tertiary/aromatic N) is 2. The molecule has 170 valence electrons. The number of anilines is 1. The monoisotopic (exact) mass is 469 g/mol. The quantitative estimate of drug-likeness (QED) is 0.457. The summed E-state index contributed by atoms with van der Waals surface area (Å²) >= 11 is 0. The molecule has 1 aliphatic carbocycles. The van der Waals surface area contributed by atoms with Crippen molar-refractivity contribution in [3.8, 4) is 11.4 Å². The first-order valence-electron chi connectivity index (χ1n) is 10.3. The zero-order valence-electron chi connectivity index (χ0n) is 17.8. The molecular weight excluding hydrogens is 449 g/mol. The van der Waals surface area contributed by atoms with Gasteiger partial charge in [0.2, 0.25) is 0 Å². The van der Waals surface area contributed by atoms with Gasteiger partial charge in [0.15, 0.2) is 5.82 Å². The number of rotatable bonds is 6. The lowest BCUT2D eigenvalue weighted by Crippen LogP contribution is -2.19. The van der Waals surface area contributed by atoms with Gasteiger partial charge in [0.25, 0.3) is 15.6 Å². The molecule has 33 heavy (non-hydrogen) atoms. The molecule has 5 rings (SSSR count). The Morgan fingerprint density at radius 2 is 1.97 bits per heavy atom. The zero-order chi connectivity index (χ0) is 23.3. The zero-order valence-corrected chi connectivity index (χ0v) is 18.6. The van der Waals surface area contributed by atoms with Crippen molar-refractivity contribution < 1.29 is 22.1 Å². The Bertz CT molecular complexity index is 1530. The lowest BCUT2D eigenvalue weighted by Gasteiger charge is -2.16. The molecule has 2 aromatic carbocycles. The highest BCUT2D eigenvalue weighted by molar-refractivity contribution is 7.92. The highest BCUT2D eigenvalue weighted by Gasteiger charge is 2.36. The lowest BCUT2D eigenvalue weighted by molar-refractivity contribution is 0.410. The van der Waals surface area contributed by atoms with E-state index in [1.165, 1.54) is 60.4 Å². The molecule has 2 atom stereocenters. The Morgan fingerprint density at radius 3 is 2.64 bits per heavy atom. The summed E-state index contributed by atoms with van der Waals surface area (Å²) < 4.78 is 54.2. The van der Waals surface area contributed by atoms with E-state index in [-0.39, 0.29) is 22.3 Å². The second kappa shape index (κ2) is 7.73. The first-order valence-corrected chi connectivity index (χ1v) is 11.7. The van der Waals surface area contributed by atoms with Crippen LogP contribution in [0.25, 0.3) is 16.6 Å². The van der Waals surface area contributed by atoms with Crippen LogP contribution < -0.4 is 15.0 Å². The predicted octanol–water partition coefficient (Wildman–Crippen LogP) is 4.05. The van der Waals surface area contributed by atoms with Crippen LogP contribution in [-0.2, 0) is 10.0 Å². The van der Waals surface area contributed by atoms with Crippen LogP contribution in [0.2, 0.25) is 0 Å². The number of halogens is 1. The maximum absolute atomic E-state index is 15.0. The number of methoxy groups -OCH3 is 1. The van der Waals surface area contributed by atoms with Crippen molar-refractivity contribution in [1.29, 1.82) is 0 Å². The van der Waals surface area contributed by atoms with Crippen molar-refractivity contribution in [3.63, 3.8) is 0 Å². The van der Waals surface area contributed by atoms with E-state index >= 15 is 0 Å². The van der Waals surface area contributed by atoms with Crippen molar-refractivity contribution in [2.45, 2.75) is 24.2 Å². The van der Waals surface area contributed by atoms with Crippen molar-refractivity contribution in [2.24, 2.45) is 5.92 Å². The average Bonchev–Trinajstić information content (AvgIpc) is 3.28. The second-order valence-corrected chi connectivity index (χ2v) is 9.77. The number of nitrogens with one attached hydrogen (secondary N) is 1. The Kier molecular flexibility index (Phi) is 4.97. The van der Waals surface area contributed by atoms with Gasteiger partial charge in [0.05, 0.1) is 23.2 Å². The summed E-state index contributed by atoms with van der Waals surface area (Å²) in [5.41, 5.74) is 0.833. The molecule has 2 aromatic heterocycles. The molecule has 0 radical (unpaired) electrons. The van der Waals surface area contributed by atoms with E-state index in [1.807, 2.05) is 0 Å². The average molecular weight is 469 g/mol. The fourth-order valence-electron chi connectivity index (χ4n) is 4.04. The third-order valence-electron chi connectivity index (χ3n) is 5.90. The van der Waals surface area contributed by atoms with Crippen molar-refractivity contribution in [1.82, 2.24) is 9.72 Å². The fraction of sp³-hybridized carbons (Fsp3) is 0.217. The Balaban J connectivity index is 1.63. The minimum atomic E-state index is -3.94. The number of benzene rings is 2. The molecule has 4 aromatic rings. The van der Waals surface area contributed by atoms with E-state index in [2.05, 4.69) is 21.3 Å². The predicted molar refractivity (Wildman–Crippen MR) is 120 cm³/mol. The van der Waals surface area contributed by atoms with Gasteiger partial charge in [-0.2, -0.15) is 0 Å². The molecule has 0 unspecified atom stereocenters. The minimum Gasteiger partial charge on any atom is -0.495 e. The molecule has 1 aliphatic rings. The van der Waals surface area contributed by atoms with Gasteiger partial charge >= 0.3 is 0 Å². The van der Waals surface area contributed by atoms with Gasteiger partial charge in [-0.1, -0.05) is 12.1 Å². The Hall–Kier alpha value is -3.66. The van der Waals surface area contributed by atoms with Gasteiger partial charge in [0.1, 0.15) is 17.8 Å². The molecule has 10 heteroatoms. The Labute approximate surface area is 188 Å². The first kappa shape index (κ1) is 21.2. The third-order valence-corrected chi connectivity index (χ3v) is 7.25. The largest absolute Gasteiger partial charge is 0.495 e. The second-order valence-electron chi connectivity index (χ2n) is 8.08. The van der Waals surface area contributed by atoms with Crippen molar-refractivity contribution in [3.05, 3.63) is 76.5 Å². The van der Waals surface area contributed by atoms with Crippen molar-refractivity contribution in [2.75, 3.05) is 11.8 Å². The summed E-state index contributed by atoms with van der Waals surface area (Å²) in [6.07, 6.45) is 2.16. The van der Waals surface area contributed by atoms with Gasteiger partial charge in [-0.3, -0.25) is 14.1 Å². The van der Waals surface area contributed by atoms with Crippen LogP contribution in [0.5, 0.6) is 5.75 Å². The number of fused-ring (bicyclic) bond motifs is 1. The SMILES string of the molecule is COc1cc([C@@H]2C[C@H]2C)c(F)cc1-n1c(=O)ccc2cc(S(=O)(=O)Nc3ccon3)ccc21. The van der Waals surface area contributed by atoms with Crippen LogP contribution in [-0.4, -0.2) is 25.3 Å². The summed E-state index contributed by atoms with van der Waals surface area (Å²) in [6.45, 7) is 2.06. The number of ether oxygens (including phenoxy) is 1. The van der Waals surface area contributed by atoms with Crippen LogP contribution in [0.1, 0.15) is 24.8 Å². The van der Waals surface area contributed by atoms with Gasteiger partial charge in [-0.05, 0) is 54.2 Å². The van der Waals surface area contributed by atoms with E-state index in [1.54, 1.807) is 6.07 Å². The molecular formula is C23H20FN3O5S. The third kappa shape index (κ3) is 3.76. The highest BCUT2D eigenvalue weighted by atomic mass is 32.2. The Morgan fingerprint density at radius 1 is 1.18 bits per heavy atom. The fourth-order valence-corrected chi connectivity index (χ4v) is 5.07. The van der Waals surface area contributed by atoms with Crippen LogP contribution in [0, 0.1) is 11.7 Å². The summed E-state index contributed by atoms with van der Waals surface area (Å²) in [5, 5.41) is 4.02. The minimum absolute atomic E-state index is 0.0283. The number of sulfonamides is 1. The van der Waals surface area contributed by atoms with Crippen LogP contribution in [0.3, 0.4) is 0 Å². The molecule has 0 bridgehead atoms. The highest BCUT2D eigenvalue weighted by Crippen LogP contribution is 2.49. The van der Waals surface area contributed by atoms with Crippen LogP contribution in [0.4, 0.5) is 10.2 Å². The molecule has 2 heterocycles. The lowest BCUT2D eigenvalue weighted by atomic mass is 10.1. The van der Waals surface area contributed by atoms with E-state index in [0.717, 1.165) is 6.42 Å². The summed E-state index contributed by atoms with van der Waals surface area (Å²) in [7, 11) is -2.47. The maximum atomic E-state index is 15.0. The molecule has 0 spiro atoms. The standard InChI is InChI=1S/C23H20FN3O5S/c1-13-9-16(13)17-11-21(31-2)20(12-18(17)24)27-19-5-4-15(10-14(19)3-6-23(27)28)33(29,30)26-22-7-8-32-25-22/h3-8,10-13,16H,9H2,1-2H3,(H,25,26)/t13-,16-/m1/s1. The summed E-state index contributed by atoms with van der Waals surface area (Å²) in [6, 6.07) is 11.4. The van der Waals surface area contributed by atoms with E-state index in [0.29, 0.717) is 28.1 Å². The van der Waals surface area contributed by atoms with Crippen LogP contribution >= 0.6 is 0 Å². The molecule has 0 saturated heterocycles. The summed E-state index contributed by atoms with van der Waals surface area (Å²) in [5.74, 6) is 0.554. The molecule has 8 nitrogen and oxygen atoms in total. The van der Waals surface area contributed by atoms with Gasteiger partial charge in [0, 0.05) is 23.6 Å². The van der Waals surface area contributed by atoms with E-state index in [4.69, 9.17) is 4.74 Å². The van der Waals surface area contributed by atoms with E-state index in [9.17, 15) is 17.6 Å². The number of hydrogen-bond acceptors (Lipinski definition) is 6. The normalized spacial score (nSPS) is 17.8. The maximum Gasteiger partial charge on any atom is 0.263 e. The van der Waals surface area contributed by atoms with Crippen molar-refractivity contribution >= 4 is 26.7 Å². The number of hydrogen-bond donors (Lipinski definition) is 1. The molecule has 1 fully saturated rings. The smallest absolute Gasteiger partial charge is 0.263 e. The first-order chi connectivity index (χ1) is 15.8. The molecule has 0 aliphatic heterocycles. The number of pyridine rings is 1. The van der Waals surface area contributed by atoms with Gasteiger partial charge in [-0.25, -0.2) is 12.8 Å². The van der Waals surface area contributed by atoms with Gasteiger partial charge in [-0.15, -0.1) is 0 Å². The van der Waals surface area contributed by atoms with Crippen LogP contribution in [0.15, 0.2) is 69.0 Å². The van der Waals surface area contributed by atoms with Gasteiger partial charge < -0.3 is 9.26 Å². The topological polar surface area (TPSA) is 103 Å². The molecule has 1 N–H and O–H groups in total. The molecule has 1 saturated carbocycles. The number of aromatic nitrogens is 2. The van der Waals surface area contributed by atoms with E-state index < -0.39 is 21.4 Å².